The van der Waals surface area contributed by atoms with Crippen LogP contribution in [0.1, 0.15) is 0 Å². The van der Waals surface area contributed by atoms with E-state index in [-0.39, 0.29) is 24.2 Å². The molecule has 2 amide bonds. The average molecular weight is 439 g/mol. The predicted octanol–water partition coefficient (Wildman–Crippen LogP) is 2.43. The zero-order valence-corrected chi connectivity index (χ0v) is 17.5. The van der Waals surface area contributed by atoms with Crippen molar-refractivity contribution in [2.75, 3.05) is 38.5 Å². The largest absolute Gasteiger partial charge is 0.485 e. The van der Waals surface area contributed by atoms with Crippen LogP contribution >= 0.6 is 11.8 Å². The zero-order chi connectivity index (χ0) is 21.2. The van der Waals surface area contributed by atoms with Gasteiger partial charge in [0.1, 0.15) is 12.1 Å². The molecule has 5 rings (SSSR count). The number of carbonyl (C=O) groups is 2. The number of ether oxygens (including phenoxy) is 2. The number of hydrogen-bond donors (Lipinski definition) is 0. The summed E-state index contributed by atoms with van der Waals surface area (Å²) in [5, 5.41) is 0.484. The fraction of sp³-hybridized carbons (Fsp3) is 0.318. The SMILES string of the molecule is O=C(CSc1nc2ccccc2o1)N1CCN(C(=O)[C@@H]2COc3ccccc3O2)CC1. The Kier molecular flexibility index (Phi) is 5.42. The number of amides is 2. The Morgan fingerprint density at radius 3 is 2.48 bits per heavy atom. The minimum absolute atomic E-state index is 0.00512. The molecule has 0 radical (unpaired) electrons. The van der Waals surface area contributed by atoms with Crippen LogP contribution in [0.25, 0.3) is 11.1 Å². The summed E-state index contributed by atoms with van der Waals surface area (Å²) < 4.78 is 17.1. The lowest BCUT2D eigenvalue weighted by atomic mass is 10.2. The molecule has 3 aromatic rings. The fourth-order valence-corrected chi connectivity index (χ4v) is 4.39. The van der Waals surface area contributed by atoms with Crippen molar-refractivity contribution in [3.8, 4) is 11.5 Å². The number of para-hydroxylation sites is 4. The second-order valence-electron chi connectivity index (χ2n) is 7.31. The molecule has 3 heterocycles. The molecule has 0 bridgehead atoms. The first-order valence-electron chi connectivity index (χ1n) is 10.1. The number of carbonyl (C=O) groups excluding carboxylic acids is 2. The maximum Gasteiger partial charge on any atom is 0.267 e. The van der Waals surface area contributed by atoms with Gasteiger partial charge >= 0.3 is 0 Å². The highest BCUT2D eigenvalue weighted by molar-refractivity contribution is 7.99. The van der Waals surface area contributed by atoms with E-state index in [9.17, 15) is 9.59 Å². The molecule has 1 aromatic heterocycles. The van der Waals surface area contributed by atoms with E-state index in [4.69, 9.17) is 13.9 Å². The minimum atomic E-state index is -0.660. The smallest absolute Gasteiger partial charge is 0.267 e. The summed E-state index contributed by atoms with van der Waals surface area (Å²) in [7, 11) is 0. The Morgan fingerprint density at radius 2 is 1.68 bits per heavy atom. The third kappa shape index (κ3) is 4.18. The Labute approximate surface area is 183 Å². The van der Waals surface area contributed by atoms with Gasteiger partial charge in [0.25, 0.3) is 11.1 Å². The van der Waals surface area contributed by atoms with Crippen LogP contribution in [-0.4, -0.2) is 71.2 Å². The van der Waals surface area contributed by atoms with Gasteiger partial charge in [-0.25, -0.2) is 4.98 Å². The molecule has 9 heteroatoms. The average Bonchev–Trinajstić information content (AvgIpc) is 3.25. The molecular formula is C22H21N3O5S. The van der Waals surface area contributed by atoms with Crippen LogP contribution in [0.4, 0.5) is 0 Å². The molecule has 0 spiro atoms. The van der Waals surface area contributed by atoms with Crippen molar-refractivity contribution >= 4 is 34.7 Å². The van der Waals surface area contributed by atoms with Crippen molar-refractivity contribution in [3.63, 3.8) is 0 Å². The third-order valence-corrected chi connectivity index (χ3v) is 6.13. The number of benzene rings is 2. The van der Waals surface area contributed by atoms with Crippen molar-refractivity contribution in [2.24, 2.45) is 0 Å². The van der Waals surface area contributed by atoms with Gasteiger partial charge in [0.2, 0.25) is 12.0 Å². The monoisotopic (exact) mass is 439 g/mol. The van der Waals surface area contributed by atoms with Gasteiger partial charge in [-0.2, -0.15) is 0 Å². The predicted molar refractivity (Wildman–Crippen MR) is 114 cm³/mol. The Morgan fingerprint density at radius 1 is 0.968 bits per heavy atom. The summed E-state index contributed by atoms with van der Waals surface area (Å²) >= 11 is 1.29. The second-order valence-corrected chi connectivity index (χ2v) is 8.23. The molecule has 0 aliphatic carbocycles. The Hall–Kier alpha value is -3.20. The highest BCUT2D eigenvalue weighted by Gasteiger charge is 2.33. The van der Waals surface area contributed by atoms with E-state index < -0.39 is 6.10 Å². The molecule has 1 saturated heterocycles. The Balaban J connectivity index is 1.11. The number of oxazole rings is 1. The van der Waals surface area contributed by atoms with Gasteiger partial charge < -0.3 is 23.7 Å². The van der Waals surface area contributed by atoms with E-state index >= 15 is 0 Å². The zero-order valence-electron chi connectivity index (χ0n) is 16.7. The molecule has 0 saturated carbocycles. The first-order chi connectivity index (χ1) is 15.2. The van der Waals surface area contributed by atoms with Crippen molar-refractivity contribution in [1.29, 1.82) is 0 Å². The standard InChI is InChI=1S/C22H21N3O5S/c26-20(14-31-22-23-15-5-1-2-6-16(15)30-22)24-9-11-25(12-10-24)21(27)19-13-28-17-7-3-4-8-18(17)29-19/h1-8,19H,9-14H2/t19-/m0/s1. The molecular weight excluding hydrogens is 418 g/mol. The van der Waals surface area contributed by atoms with Crippen molar-refractivity contribution in [1.82, 2.24) is 14.8 Å². The number of aromatic nitrogens is 1. The number of thioether (sulfide) groups is 1. The molecule has 8 nitrogen and oxygen atoms in total. The van der Waals surface area contributed by atoms with Crippen molar-refractivity contribution in [2.45, 2.75) is 11.3 Å². The van der Waals surface area contributed by atoms with Crippen LogP contribution in [-0.2, 0) is 9.59 Å². The number of piperazine rings is 1. The molecule has 1 fully saturated rings. The summed E-state index contributed by atoms with van der Waals surface area (Å²) in [6.45, 7) is 2.11. The first kappa shape index (κ1) is 19.7. The lowest BCUT2D eigenvalue weighted by Crippen LogP contribution is -2.55. The van der Waals surface area contributed by atoms with Crippen molar-refractivity contribution < 1.29 is 23.5 Å². The molecule has 31 heavy (non-hydrogen) atoms. The van der Waals surface area contributed by atoms with E-state index in [0.29, 0.717) is 48.5 Å². The maximum atomic E-state index is 12.8. The lowest BCUT2D eigenvalue weighted by molar-refractivity contribution is -0.145. The highest BCUT2D eigenvalue weighted by Crippen LogP contribution is 2.31. The van der Waals surface area contributed by atoms with Gasteiger partial charge in [-0.3, -0.25) is 9.59 Å². The summed E-state index contributed by atoms with van der Waals surface area (Å²) in [6, 6.07) is 14.8. The van der Waals surface area contributed by atoms with Gasteiger partial charge in [0.15, 0.2) is 17.1 Å². The van der Waals surface area contributed by atoms with Crippen LogP contribution < -0.4 is 9.47 Å². The molecule has 0 unspecified atom stereocenters. The summed E-state index contributed by atoms with van der Waals surface area (Å²) in [4.78, 5) is 33.3. The van der Waals surface area contributed by atoms with Crippen LogP contribution in [0.3, 0.4) is 0 Å². The van der Waals surface area contributed by atoms with E-state index in [1.54, 1.807) is 15.9 Å². The number of rotatable bonds is 4. The number of hydrogen-bond acceptors (Lipinski definition) is 7. The molecule has 2 aromatic carbocycles. The maximum absolute atomic E-state index is 12.8. The summed E-state index contributed by atoms with van der Waals surface area (Å²) in [5.41, 5.74) is 1.49. The summed E-state index contributed by atoms with van der Waals surface area (Å²) in [6.07, 6.45) is -0.660. The van der Waals surface area contributed by atoms with Crippen LogP contribution in [0, 0.1) is 0 Å². The number of fused-ring (bicyclic) bond motifs is 2. The number of nitrogens with zero attached hydrogens (tertiary/aromatic N) is 3. The van der Waals surface area contributed by atoms with Crippen LogP contribution in [0.2, 0.25) is 0 Å². The van der Waals surface area contributed by atoms with E-state index in [2.05, 4.69) is 4.98 Å². The van der Waals surface area contributed by atoms with Gasteiger partial charge in [-0.15, -0.1) is 0 Å². The molecule has 2 aliphatic heterocycles. The van der Waals surface area contributed by atoms with Gasteiger partial charge in [0, 0.05) is 26.2 Å². The van der Waals surface area contributed by atoms with E-state index in [1.165, 1.54) is 11.8 Å². The normalized spacial score (nSPS) is 18.3. The minimum Gasteiger partial charge on any atom is -0.485 e. The Bertz CT molecular complexity index is 1080. The van der Waals surface area contributed by atoms with Crippen LogP contribution in [0.5, 0.6) is 11.5 Å². The molecule has 160 valence electrons. The van der Waals surface area contributed by atoms with E-state index in [1.807, 2.05) is 42.5 Å². The summed E-state index contributed by atoms with van der Waals surface area (Å²) in [5.74, 6) is 1.38. The lowest BCUT2D eigenvalue weighted by Gasteiger charge is -2.37. The molecule has 2 aliphatic rings. The molecule has 1 atom stereocenters. The first-order valence-corrected chi connectivity index (χ1v) is 11.1. The highest BCUT2D eigenvalue weighted by atomic mass is 32.2. The van der Waals surface area contributed by atoms with Crippen molar-refractivity contribution in [3.05, 3.63) is 48.5 Å². The van der Waals surface area contributed by atoms with Crippen LogP contribution in [0.15, 0.2) is 58.2 Å². The van der Waals surface area contributed by atoms with E-state index in [0.717, 1.165) is 5.52 Å². The third-order valence-electron chi connectivity index (χ3n) is 5.32. The topological polar surface area (TPSA) is 85.1 Å². The second kappa shape index (κ2) is 8.50. The fourth-order valence-electron chi connectivity index (χ4n) is 3.65. The van der Waals surface area contributed by atoms with Gasteiger partial charge in [-0.05, 0) is 24.3 Å². The quantitative estimate of drug-likeness (QED) is 0.577. The van der Waals surface area contributed by atoms with Gasteiger partial charge in [-0.1, -0.05) is 36.0 Å². The molecule has 0 N–H and O–H groups in total. The van der Waals surface area contributed by atoms with Gasteiger partial charge in [0.05, 0.1) is 5.75 Å².